The molecule has 0 saturated carbocycles. The van der Waals surface area contributed by atoms with Crippen molar-refractivity contribution in [2.75, 3.05) is 0 Å². The first kappa shape index (κ1) is 14.2. The highest BCUT2D eigenvalue weighted by molar-refractivity contribution is 5.57. The van der Waals surface area contributed by atoms with Gasteiger partial charge < -0.3 is 4.98 Å². The average Bonchev–Trinajstić information content (AvgIpc) is 2.33. The quantitative estimate of drug-likeness (QED) is 0.818. The Kier molecular flexibility index (Phi) is 3.37. The van der Waals surface area contributed by atoms with Crippen molar-refractivity contribution in [2.24, 2.45) is 0 Å². The lowest BCUT2D eigenvalue weighted by molar-refractivity contribution is -0.137. The zero-order valence-corrected chi connectivity index (χ0v) is 10.6. The fourth-order valence-electron chi connectivity index (χ4n) is 1.67. The molecule has 1 heterocycles. The summed E-state index contributed by atoms with van der Waals surface area (Å²) in [5, 5.41) is 0. The molecule has 7 heteroatoms. The Morgan fingerprint density at radius 3 is 2.35 bits per heavy atom. The minimum absolute atomic E-state index is 0.0944. The third-order valence-electron chi connectivity index (χ3n) is 2.89. The van der Waals surface area contributed by atoms with E-state index < -0.39 is 23.1 Å². The highest BCUT2D eigenvalue weighted by Crippen LogP contribution is 2.32. The number of benzene rings is 1. The van der Waals surface area contributed by atoms with E-state index in [2.05, 4.69) is 9.97 Å². The molecule has 20 heavy (non-hydrogen) atoms. The Morgan fingerprint density at radius 2 is 1.80 bits per heavy atom. The largest absolute Gasteiger partial charge is 0.416 e. The second-order valence-corrected chi connectivity index (χ2v) is 4.35. The van der Waals surface area contributed by atoms with E-state index in [1.54, 1.807) is 6.92 Å². The Morgan fingerprint density at radius 1 is 1.15 bits per heavy atom. The molecule has 0 aliphatic carbocycles. The van der Waals surface area contributed by atoms with Crippen LogP contribution in [-0.4, -0.2) is 9.97 Å². The number of aromatic amines is 1. The van der Waals surface area contributed by atoms with Gasteiger partial charge >= 0.3 is 6.18 Å². The first-order valence-corrected chi connectivity index (χ1v) is 5.64. The molecular formula is C13H10F4N2O. The number of hydrogen-bond acceptors (Lipinski definition) is 2. The number of alkyl halides is 3. The maximum Gasteiger partial charge on any atom is 0.416 e. The van der Waals surface area contributed by atoms with Crippen LogP contribution in [0.1, 0.15) is 16.8 Å². The van der Waals surface area contributed by atoms with Gasteiger partial charge in [-0.2, -0.15) is 13.2 Å². The molecule has 0 radical (unpaired) electrons. The summed E-state index contributed by atoms with van der Waals surface area (Å²) < 4.78 is 51.2. The fourth-order valence-corrected chi connectivity index (χ4v) is 1.67. The van der Waals surface area contributed by atoms with E-state index in [4.69, 9.17) is 0 Å². The van der Waals surface area contributed by atoms with E-state index in [0.717, 1.165) is 12.1 Å². The lowest BCUT2D eigenvalue weighted by atomic mass is 10.1. The van der Waals surface area contributed by atoms with E-state index in [-0.39, 0.29) is 11.4 Å². The number of rotatable bonds is 1. The molecule has 0 aliphatic rings. The summed E-state index contributed by atoms with van der Waals surface area (Å²) in [6.07, 6.45) is -4.67. The third kappa shape index (κ3) is 2.71. The van der Waals surface area contributed by atoms with Crippen LogP contribution in [-0.2, 0) is 6.18 Å². The molecule has 0 bridgehead atoms. The number of nitrogens with one attached hydrogen (secondary N) is 1. The molecule has 0 amide bonds. The average molecular weight is 286 g/mol. The number of H-pyrrole nitrogens is 1. The van der Waals surface area contributed by atoms with Gasteiger partial charge in [0, 0.05) is 16.8 Å². The molecule has 0 atom stereocenters. The Balaban J connectivity index is 2.65. The van der Waals surface area contributed by atoms with Crippen LogP contribution in [0.4, 0.5) is 17.6 Å². The Labute approximate surface area is 111 Å². The van der Waals surface area contributed by atoms with Gasteiger partial charge in [-0.25, -0.2) is 9.37 Å². The number of aromatic nitrogens is 2. The van der Waals surface area contributed by atoms with Crippen molar-refractivity contribution in [1.29, 1.82) is 0 Å². The zero-order valence-electron chi connectivity index (χ0n) is 10.6. The van der Waals surface area contributed by atoms with Gasteiger partial charge in [0.2, 0.25) is 0 Å². The molecule has 0 saturated heterocycles. The van der Waals surface area contributed by atoms with Gasteiger partial charge in [-0.05, 0) is 32.0 Å². The van der Waals surface area contributed by atoms with Gasteiger partial charge in [-0.15, -0.1) is 0 Å². The molecule has 1 aromatic carbocycles. The normalized spacial score (nSPS) is 11.7. The summed E-state index contributed by atoms with van der Waals surface area (Å²) in [5.41, 5.74) is -0.987. The number of nitrogens with zero attached hydrogens (tertiary/aromatic N) is 1. The Bertz CT molecular complexity index is 719. The van der Waals surface area contributed by atoms with Crippen molar-refractivity contribution in [3.63, 3.8) is 0 Å². The van der Waals surface area contributed by atoms with Gasteiger partial charge in [0.1, 0.15) is 11.6 Å². The summed E-state index contributed by atoms with van der Waals surface area (Å²) in [4.78, 5) is 17.9. The number of halogens is 4. The zero-order chi connectivity index (χ0) is 15.1. The smallest absolute Gasteiger partial charge is 0.306 e. The molecule has 106 valence electrons. The molecule has 0 unspecified atom stereocenters. The molecule has 1 N–H and O–H groups in total. The van der Waals surface area contributed by atoms with Crippen LogP contribution >= 0.6 is 0 Å². The first-order valence-electron chi connectivity index (χ1n) is 5.64. The van der Waals surface area contributed by atoms with Gasteiger partial charge in [0.25, 0.3) is 5.56 Å². The number of aryl methyl sites for hydroxylation is 1. The minimum Gasteiger partial charge on any atom is -0.306 e. The molecule has 0 aliphatic heterocycles. The monoisotopic (exact) mass is 286 g/mol. The van der Waals surface area contributed by atoms with Crippen molar-refractivity contribution >= 4 is 0 Å². The lowest BCUT2D eigenvalue weighted by Gasteiger charge is -2.10. The highest BCUT2D eigenvalue weighted by Gasteiger charge is 2.31. The van der Waals surface area contributed by atoms with Crippen molar-refractivity contribution in [3.8, 4) is 11.4 Å². The first-order chi connectivity index (χ1) is 9.18. The van der Waals surface area contributed by atoms with E-state index in [9.17, 15) is 22.4 Å². The summed E-state index contributed by atoms with van der Waals surface area (Å²) in [7, 11) is 0. The maximum atomic E-state index is 13.3. The molecule has 2 rings (SSSR count). The van der Waals surface area contributed by atoms with Crippen LogP contribution in [0.25, 0.3) is 11.4 Å². The van der Waals surface area contributed by atoms with Crippen LogP contribution in [0, 0.1) is 19.7 Å². The summed E-state index contributed by atoms with van der Waals surface area (Å²) in [6.45, 7) is 3.09. The molecule has 3 nitrogen and oxygen atoms in total. The van der Waals surface area contributed by atoms with Crippen LogP contribution < -0.4 is 5.56 Å². The SMILES string of the molecule is Cc1nc(-c2cc(F)cc(C(F)(F)F)c2)[nH]c(=O)c1C. The summed E-state index contributed by atoms with van der Waals surface area (Å²) >= 11 is 0. The van der Waals surface area contributed by atoms with E-state index in [1.807, 2.05) is 0 Å². The van der Waals surface area contributed by atoms with E-state index >= 15 is 0 Å². The molecule has 1 aromatic heterocycles. The van der Waals surface area contributed by atoms with Gasteiger partial charge in [-0.3, -0.25) is 4.79 Å². The second kappa shape index (κ2) is 4.73. The van der Waals surface area contributed by atoms with Crippen molar-refractivity contribution in [3.05, 3.63) is 51.2 Å². The van der Waals surface area contributed by atoms with Crippen LogP contribution in [0.5, 0.6) is 0 Å². The Hall–Kier alpha value is -2.18. The second-order valence-electron chi connectivity index (χ2n) is 4.35. The molecule has 0 fully saturated rings. The lowest BCUT2D eigenvalue weighted by Crippen LogP contribution is -2.14. The topological polar surface area (TPSA) is 45.8 Å². The summed E-state index contributed by atoms with van der Waals surface area (Å²) in [5.74, 6) is -1.14. The molecular weight excluding hydrogens is 276 g/mol. The number of hydrogen-bond donors (Lipinski definition) is 1. The van der Waals surface area contributed by atoms with Crippen molar-refractivity contribution in [1.82, 2.24) is 9.97 Å². The standard InChI is InChI=1S/C13H10F4N2O/c1-6-7(2)18-11(19-12(6)20)8-3-9(13(15,16)17)5-10(14)4-8/h3-5H,1-2H3,(H,18,19,20). The fraction of sp³-hybridized carbons (Fsp3) is 0.231. The predicted molar refractivity (Wildman–Crippen MR) is 64.7 cm³/mol. The van der Waals surface area contributed by atoms with Crippen LogP contribution in [0.15, 0.2) is 23.0 Å². The molecule has 2 aromatic rings. The van der Waals surface area contributed by atoms with Crippen LogP contribution in [0.2, 0.25) is 0 Å². The van der Waals surface area contributed by atoms with Crippen molar-refractivity contribution < 1.29 is 17.6 Å². The van der Waals surface area contributed by atoms with Gasteiger partial charge in [-0.1, -0.05) is 0 Å². The van der Waals surface area contributed by atoms with Gasteiger partial charge in [0.05, 0.1) is 5.56 Å². The predicted octanol–water partition coefficient (Wildman–Crippen LogP) is 3.21. The van der Waals surface area contributed by atoms with E-state index in [0.29, 0.717) is 17.3 Å². The minimum atomic E-state index is -4.67. The molecule has 0 spiro atoms. The summed E-state index contributed by atoms with van der Waals surface area (Å²) in [6, 6.07) is 2.03. The maximum absolute atomic E-state index is 13.3. The third-order valence-corrected chi connectivity index (χ3v) is 2.89. The van der Waals surface area contributed by atoms with Crippen LogP contribution in [0.3, 0.4) is 0 Å². The van der Waals surface area contributed by atoms with Gasteiger partial charge in [0.15, 0.2) is 0 Å². The van der Waals surface area contributed by atoms with Crippen molar-refractivity contribution in [2.45, 2.75) is 20.0 Å². The van der Waals surface area contributed by atoms with E-state index in [1.165, 1.54) is 6.92 Å². The highest BCUT2D eigenvalue weighted by atomic mass is 19.4.